The molecule has 0 fully saturated rings. The lowest BCUT2D eigenvalue weighted by Gasteiger charge is -2.30. The smallest absolute Gasteiger partial charge is 0.119 e. The van der Waals surface area contributed by atoms with Gasteiger partial charge < -0.3 is 20.3 Å². The van der Waals surface area contributed by atoms with Gasteiger partial charge in [0.2, 0.25) is 0 Å². The van der Waals surface area contributed by atoms with Gasteiger partial charge in [0.25, 0.3) is 0 Å². The van der Waals surface area contributed by atoms with Crippen LogP contribution in [-0.4, -0.2) is 37.0 Å². The summed E-state index contributed by atoms with van der Waals surface area (Å²) in [5.41, 5.74) is 0.744. The van der Waals surface area contributed by atoms with Crippen molar-refractivity contribution in [1.82, 2.24) is 5.32 Å². The van der Waals surface area contributed by atoms with Crippen molar-refractivity contribution in [2.75, 3.05) is 26.8 Å². The molecular weight excluding hydrogens is 254 g/mol. The van der Waals surface area contributed by atoms with Gasteiger partial charge in [-0.25, -0.2) is 0 Å². The van der Waals surface area contributed by atoms with Gasteiger partial charge >= 0.3 is 0 Å². The van der Waals surface area contributed by atoms with Gasteiger partial charge in [-0.2, -0.15) is 0 Å². The quantitative estimate of drug-likeness (QED) is 0.649. The summed E-state index contributed by atoms with van der Waals surface area (Å²) in [6.07, 6.45) is 1.26. The molecule has 0 aliphatic rings. The third-order valence-corrected chi connectivity index (χ3v) is 4.15. The molecule has 1 unspecified atom stereocenters. The highest BCUT2D eigenvalue weighted by Crippen LogP contribution is 2.25. The Morgan fingerprint density at radius 3 is 2.55 bits per heavy atom. The van der Waals surface area contributed by atoms with E-state index in [4.69, 9.17) is 4.74 Å². The monoisotopic (exact) mass is 281 g/mol. The van der Waals surface area contributed by atoms with Crippen LogP contribution in [0.15, 0.2) is 24.3 Å². The fourth-order valence-corrected chi connectivity index (χ4v) is 2.22. The Balaban J connectivity index is 2.52. The zero-order chi connectivity index (χ0) is 15.0. The summed E-state index contributed by atoms with van der Waals surface area (Å²) < 4.78 is 5.15. The number of hydrogen-bond donors (Lipinski definition) is 3. The molecule has 4 nitrogen and oxygen atoms in total. The Morgan fingerprint density at radius 2 is 2.00 bits per heavy atom. The maximum Gasteiger partial charge on any atom is 0.119 e. The van der Waals surface area contributed by atoms with Crippen LogP contribution in [0, 0.1) is 5.41 Å². The van der Waals surface area contributed by atoms with E-state index in [0.29, 0.717) is 13.1 Å². The summed E-state index contributed by atoms with van der Waals surface area (Å²) in [7, 11) is 1.61. The van der Waals surface area contributed by atoms with E-state index in [1.807, 2.05) is 24.3 Å². The van der Waals surface area contributed by atoms with Gasteiger partial charge in [0.1, 0.15) is 5.75 Å². The van der Waals surface area contributed by atoms with E-state index >= 15 is 0 Å². The molecule has 0 aliphatic carbocycles. The van der Waals surface area contributed by atoms with Crippen molar-refractivity contribution in [3.05, 3.63) is 29.8 Å². The molecule has 1 aromatic rings. The molecule has 1 aromatic carbocycles. The number of aliphatic hydroxyl groups is 2. The lowest BCUT2D eigenvalue weighted by Crippen LogP contribution is -2.38. The molecule has 1 atom stereocenters. The highest BCUT2D eigenvalue weighted by Gasteiger charge is 2.24. The first-order valence-corrected chi connectivity index (χ1v) is 7.24. The normalized spacial score (nSPS) is 13.2. The third-order valence-electron chi connectivity index (χ3n) is 4.15. The van der Waals surface area contributed by atoms with Crippen molar-refractivity contribution in [2.45, 2.75) is 32.8 Å². The Bertz CT molecular complexity index is 383. The van der Waals surface area contributed by atoms with Crippen molar-refractivity contribution < 1.29 is 14.9 Å². The molecule has 20 heavy (non-hydrogen) atoms. The highest BCUT2D eigenvalue weighted by atomic mass is 16.5. The van der Waals surface area contributed by atoms with E-state index in [0.717, 1.165) is 24.2 Å². The minimum Gasteiger partial charge on any atom is -0.497 e. The minimum atomic E-state index is -0.574. The second-order valence-electron chi connectivity index (χ2n) is 5.29. The third kappa shape index (κ3) is 4.47. The van der Waals surface area contributed by atoms with Gasteiger partial charge in [-0.05, 0) is 30.5 Å². The Labute approximate surface area is 121 Å². The molecular formula is C16H27NO3. The van der Waals surface area contributed by atoms with E-state index in [-0.39, 0.29) is 12.0 Å². The fraction of sp³-hybridized carbons (Fsp3) is 0.625. The first kappa shape index (κ1) is 17.0. The van der Waals surface area contributed by atoms with Crippen molar-refractivity contribution in [1.29, 1.82) is 0 Å². The fourth-order valence-electron chi connectivity index (χ4n) is 2.22. The van der Waals surface area contributed by atoms with Crippen LogP contribution in [0.4, 0.5) is 0 Å². The van der Waals surface area contributed by atoms with Gasteiger partial charge in [-0.15, -0.1) is 0 Å². The van der Waals surface area contributed by atoms with E-state index in [2.05, 4.69) is 19.2 Å². The van der Waals surface area contributed by atoms with Crippen molar-refractivity contribution in [3.8, 4) is 5.75 Å². The molecule has 0 heterocycles. The summed E-state index contributed by atoms with van der Waals surface area (Å²) in [5, 5.41) is 22.9. The van der Waals surface area contributed by atoms with Gasteiger partial charge in [0.05, 0.1) is 13.2 Å². The van der Waals surface area contributed by atoms with Gasteiger partial charge in [-0.1, -0.05) is 26.0 Å². The Hall–Kier alpha value is -1.10. The number of ether oxygens (including phenoxy) is 1. The lowest BCUT2D eigenvalue weighted by atomic mass is 9.83. The molecule has 4 heteroatoms. The molecule has 0 aromatic heterocycles. The van der Waals surface area contributed by atoms with E-state index < -0.39 is 6.10 Å². The lowest BCUT2D eigenvalue weighted by molar-refractivity contribution is 0.104. The Morgan fingerprint density at radius 1 is 1.30 bits per heavy atom. The standard InChI is InChI=1S/C16H27NO3/c1-4-16(5-2,12-18)11-17-10-15(19)13-7-6-8-14(9-13)20-3/h6-9,15,17-19H,4-5,10-12H2,1-3H3. The second kappa shape index (κ2) is 8.25. The van der Waals surface area contributed by atoms with Gasteiger partial charge in [0, 0.05) is 25.1 Å². The largest absolute Gasteiger partial charge is 0.497 e. The van der Waals surface area contributed by atoms with Crippen LogP contribution in [0.2, 0.25) is 0 Å². The molecule has 1 rings (SSSR count). The molecule has 0 saturated carbocycles. The maximum absolute atomic E-state index is 10.2. The van der Waals surface area contributed by atoms with Crippen molar-refractivity contribution >= 4 is 0 Å². The van der Waals surface area contributed by atoms with Crippen LogP contribution in [0.3, 0.4) is 0 Å². The number of aliphatic hydroxyl groups excluding tert-OH is 2. The van der Waals surface area contributed by atoms with Crippen LogP contribution in [-0.2, 0) is 0 Å². The molecule has 0 amide bonds. The molecule has 114 valence electrons. The molecule has 3 N–H and O–H groups in total. The van der Waals surface area contributed by atoms with Crippen molar-refractivity contribution in [3.63, 3.8) is 0 Å². The van der Waals surface area contributed by atoms with E-state index in [9.17, 15) is 10.2 Å². The van der Waals surface area contributed by atoms with Crippen LogP contribution in [0.5, 0.6) is 5.75 Å². The predicted octanol–water partition coefficient (Wildman–Crippen LogP) is 2.12. The van der Waals surface area contributed by atoms with Crippen molar-refractivity contribution in [2.24, 2.45) is 5.41 Å². The predicted molar refractivity (Wildman–Crippen MR) is 80.9 cm³/mol. The molecule has 0 saturated heterocycles. The average Bonchev–Trinajstić information content (AvgIpc) is 2.52. The zero-order valence-corrected chi connectivity index (χ0v) is 12.7. The highest BCUT2D eigenvalue weighted by molar-refractivity contribution is 5.29. The SMILES string of the molecule is CCC(CC)(CO)CNCC(O)c1cccc(OC)c1. The summed E-state index contributed by atoms with van der Waals surface area (Å²) in [4.78, 5) is 0. The molecule has 0 bridgehead atoms. The number of hydrogen-bond acceptors (Lipinski definition) is 4. The summed E-state index contributed by atoms with van der Waals surface area (Å²) in [6.45, 7) is 5.51. The second-order valence-corrected chi connectivity index (χ2v) is 5.29. The summed E-state index contributed by atoms with van der Waals surface area (Å²) in [6, 6.07) is 7.45. The minimum absolute atomic E-state index is 0.0892. The number of nitrogens with one attached hydrogen (secondary N) is 1. The molecule has 0 aliphatic heterocycles. The zero-order valence-electron chi connectivity index (χ0n) is 12.7. The number of benzene rings is 1. The molecule has 0 radical (unpaired) electrons. The average molecular weight is 281 g/mol. The number of methoxy groups -OCH3 is 1. The van der Waals surface area contributed by atoms with E-state index in [1.54, 1.807) is 7.11 Å². The van der Waals surface area contributed by atoms with Crippen LogP contribution < -0.4 is 10.1 Å². The Kier molecular flexibility index (Phi) is 6.99. The van der Waals surface area contributed by atoms with Crippen LogP contribution in [0.25, 0.3) is 0 Å². The number of rotatable bonds is 9. The van der Waals surface area contributed by atoms with E-state index in [1.165, 1.54) is 0 Å². The topological polar surface area (TPSA) is 61.7 Å². The van der Waals surface area contributed by atoms with Crippen LogP contribution >= 0.6 is 0 Å². The molecule has 0 spiro atoms. The maximum atomic E-state index is 10.2. The summed E-state index contributed by atoms with van der Waals surface area (Å²) >= 11 is 0. The van der Waals surface area contributed by atoms with Gasteiger partial charge in [0.15, 0.2) is 0 Å². The first-order chi connectivity index (χ1) is 9.60. The first-order valence-electron chi connectivity index (χ1n) is 7.24. The van der Waals surface area contributed by atoms with Crippen LogP contribution in [0.1, 0.15) is 38.4 Å². The summed E-state index contributed by atoms with van der Waals surface area (Å²) in [5.74, 6) is 0.744. The van der Waals surface area contributed by atoms with Gasteiger partial charge in [-0.3, -0.25) is 0 Å².